The zero-order valence-corrected chi connectivity index (χ0v) is 10.4. The molecule has 0 bridgehead atoms. The predicted molar refractivity (Wildman–Crippen MR) is 61.6 cm³/mol. The zero-order chi connectivity index (χ0) is 13.8. The van der Waals surface area contributed by atoms with Gasteiger partial charge in [-0.2, -0.15) is 8.42 Å². The lowest BCUT2D eigenvalue weighted by Crippen LogP contribution is -2.17. The number of ketones is 1. The Morgan fingerprint density at radius 2 is 1.78 bits per heavy atom. The van der Waals surface area contributed by atoms with Crippen LogP contribution in [0, 0.1) is 6.92 Å². The number of aliphatic carboxylic acids is 1. The van der Waals surface area contributed by atoms with Crippen LogP contribution < -0.4 is 0 Å². The van der Waals surface area contributed by atoms with Crippen LogP contribution in [0.4, 0.5) is 0 Å². The van der Waals surface area contributed by atoms with Crippen molar-refractivity contribution in [3.8, 4) is 0 Å². The van der Waals surface area contributed by atoms with Gasteiger partial charge in [0, 0.05) is 0 Å². The third-order valence-corrected chi connectivity index (χ3v) is 3.31. The number of hydrogen-bond donors (Lipinski definition) is 1. The lowest BCUT2D eigenvalue weighted by molar-refractivity contribution is -0.140. The third-order valence-electron chi connectivity index (χ3n) is 2.03. The van der Waals surface area contributed by atoms with E-state index in [1.165, 1.54) is 12.1 Å². The molecule has 0 aliphatic rings. The summed E-state index contributed by atoms with van der Waals surface area (Å²) in [5.74, 6) is -2.13. The van der Waals surface area contributed by atoms with Gasteiger partial charge < -0.3 is 5.11 Å². The van der Waals surface area contributed by atoms with Crippen LogP contribution in [0.1, 0.15) is 12.0 Å². The number of rotatable bonds is 6. The van der Waals surface area contributed by atoms with Crippen molar-refractivity contribution >= 4 is 21.9 Å². The summed E-state index contributed by atoms with van der Waals surface area (Å²) in [5.41, 5.74) is 0.885. The van der Waals surface area contributed by atoms with E-state index in [1.54, 1.807) is 19.1 Å². The standard InChI is InChI=1S/C11H12O6S/c1-8-2-4-10(5-3-8)18(15,16)17-7-9(12)6-11(13)14/h2-5H,6-7H2,1H3,(H,13,14). The minimum Gasteiger partial charge on any atom is -0.481 e. The molecule has 98 valence electrons. The van der Waals surface area contributed by atoms with Crippen molar-refractivity contribution in [3.63, 3.8) is 0 Å². The Bertz CT molecular complexity index is 543. The molecule has 18 heavy (non-hydrogen) atoms. The average molecular weight is 272 g/mol. The molecule has 1 aromatic carbocycles. The number of Topliss-reactive ketones (excluding diaryl/α,β-unsaturated/α-hetero) is 1. The highest BCUT2D eigenvalue weighted by Gasteiger charge is 2.18. The monoisotopic (exact) mass is 272 g/mol. The van der Waals surface area contributed by atoms with Crippen molar-refractivity contribution in [1.82, 2.24) is 0 Å². The molecule has 0 radical (unpaired) electrons. The molecule has 0 unspecified atom stereocenters. The first kappa shape index (κ1) is 14.3. The Kier molecular flexibility index (Phi) is 4.57. The molecule has 0 spiro atoms. The van der Waals surface area contributed by atoms with Gasteiger partial charge in [-0.25, -0.2) is 0 Å². The van der Waals surface area contributed by atoms with Crippen LogP contribution >= 0.6 is 0 Å². The average Bonchev–Trinajstić information content (AvgIpc) is 2.26. The highest BCUT2D eigenvalue weighted by atomic mass is 32.2. The second kappa shape index (κ2) is 5.74. The Hall–Kier alpha value is -1.73. The lowest BCUT2D eigenvalue weighted by atomic mass is 10.2. The number of carbonyl (C=O) groups excluding carboxylic acids is 1. The highest BCUT2D eigenvalue weighted by molar-refractivity contribution is 7.86. The normalized spacial score (nSPS) is 11.2. The number of carboxylic acid groups (broad SMARTS) is 1. The molecule has 6 nitrogen and oxygen atoms in total. The third kappa shape index (κ3) is 4.27. The summed E-state index contributed by atoms with van der Waals surface area (Å²) >= 11 is 0. The van der Waals surface area contributed by atoms with Gasteiger partial charge in [0.1, 0.15) is 13.0 Å². The molecule has 0 aliphatic carbocycles. The van der Waals surface area contributed by atoms with Crippen LogP contribution in [-0.2, 0) is 23.9 Å². The second-order valence-corrected chi connectivity index (χ2v) is 5.25. The summed E-state index contributed by atoms with van der Waals surface area (Å²) in [6.07, 6.45) is -0.760. The number of carboxylic acids is 1. The smallest absolute Gasteiger partial charge is 0.310 e. The molecule has 0 saturated carbocycles. The summed E-state index contributed by atoms with van der Waals surface area (Å²) in [4.78, 5) is 21.2. The Labute approximate surface area is 104 Å². The van der Waals surface area contributed by atoms with Gasteiger partial charge in [-0.3, -0.25) is 13.8 Å². The molecule has 0 aromatic heterocycles. The van der Waals surface area contributed by atoms with Crippen LogP contribution in [-0.4, -0.2) is 31.9 Å². The summed E-state index contributed by atoms with van der Waals surface area (Å²) in [6, 6.07) is 5.89. The minimum absolute atomic E-state index is 0.0729. The number of hydrogen-bond acceptors (Lipinski definition) is 5. The Balaban J connectivity index is 2.68. The summed E-state index contributed by atoms with van der Waals surface area (Å²) in [6.45, 7) is 1.02. The predicted octanol–water partition coefficient (Wildman–Crippen LogP) is 0.744. The van der Waals surface area contributed by atoms with Gasteiger partial charge in [0.05, 0.1) is 4.90 Å². The van der Waals surface area contributed by atoms with Crippen LogP contribution in [0.2, 0.25) is 0 Å². The Morgan fingerprint density at radius 3 is 2.28 bits per heavy atom. The van der Waals surface area contributed by atoms with Crippen molar-refractivity contribution in [3.05, 3.63) is 29.8 Å². The number of carbonyl (C=O) groups is 2. The van der Waals surface area contributed by atoms with E-state index >= 15 is 0 Å². The molecule has 0 heterocycles. The largest absolute Gasteiger partial charge is 0.481 e. The second-order valence-electron chi connectivity index (χ2n) is 3.64. The van der Waals surface area contributed by atoms with Gasteiger partial charge >= 0.3 is 5.97 Å². The van der Waals surface area contributed by atoms with Gasteiger partial charge in [0.25, 0.3) is 10.1 Å². The fraction of sp³-hybridized carbons (Fsp3) is 0.273. The van der Waals surface area contributed by atoms with Crippen LogP contribution in [0.5, 0.6) is 0 Å². The lowest BCUT2D eigenvalue weighted by Gasteiger charge is -2.04. The first-order valence-electron chi connectivity index (χ1n) is 5.01. The maximum atomic E-state index is 11.6. The molecule has 7 heteroatoms. The van der Waals surface area contributed by atoms with Gasteiger partial charge in [-0.15, -0.1) is 0 Å². The van der Waals surface area contributed by atoms with Gasteiger partial charge in [0.15, 0.2) is 5.78 Å². The molecule has 1 N–H and O–H groups in total. The van der Waals surface area contributed by atoms with Gasteiger partial charge in [0.2, 0.25) is 0 Å². The van der Waals surface area contributed by atoms with E-state index in [9.17, 15) is 18.0 Å². The van der Waals surface area contributed by atoms with E-state index in [-0.39, 0.29) is 4.90 Å². The first-order valence-corrected chi connectivity index (χ1v) is 6.41. The fourth-order valence-electron chi connectivity index (χ4n) is 1.14. The van der Waals surface area contributed by atoms with Crippen molar-refractivity contribution in [2.45, 2.75) is 18.2 Å². The fourth-order valence-corrected chi connectivity index (χ4v) is 2.03. The van der Waals surface area contributed by atoms with E-state index in [0.29, 0.717) is 0 Å². The molecule has 0 amide bonds. The SMILES string of the molecule is Cc1ccc(S(=O)(=O)OCC(=O)CC(=O)O)cc1. The van der Waals surface area contributed by atoms with E-state index in [0.717, 1.165) is 5.56 Å². The summed E-state index contributed by atoms with van der Waals surface area (Å²) < 4.78 is 27.7. The van der Waals surface area contributed by atoms with Crippen molar-refractivity contribution < 1.29 is 27.3 Å². The van der Waals surface area contributed by atoms with E-state index in [4.69, 9.17) is 5.11 Å². The maximum absolute atomic E-state index is 11.6. The van der Waals surface area contributed by atoms with Crippen LogP contribution in [0.15, 0.2) is 29.2 Å². The quantitative estimate of drug-likeness (QED) is 0.606. The molecule has 0 saturated heterocycles. The van der Waals surface area contributed by atoms with Crippen molar-refractivity contribution in [1.29, 1.82) is 0 Å². The molecular weight excluding hydrogens is 260 g/mol. The molecule has 0 fully saturated rings. The molecular formula is C11H12O6S. The van der Waals surface area contributed by atoms with E-state index in [1.807, 2.05) is 0 Å². The van der Waals surface area contributed by atoms with Crippen molar-refractivity contribution in [2.75, 3.05) is 6.61 Å². The maximum Gasteiger partial charge on any atom is 0.310 e. The van der Waals surface area contributed by atoms with Crippen LogP contribution in [0.25, 0.3) is 0 Å². The van der Waals surface area contributed by atoms with Crippen LogP contribution in [0.3, 0.4) is 0 Å². The first-order chi connectivity index (χ1) is 8.31. The molecule has 1 rings (SSSR count). The molecule has 1 aromatic rings. The molecule has 0 aliphatic heterocycles. The van der Waals surface area contributed by atoms with E-state index in [2.05, 4.69) is 4.18 Å². The van der Waals surface area contributed by atoms with E-state index < -0.39 is 34.9 Å². The minimum atomic E-state index is -4.02. The Morgan fingerprint density at radius 1 is 1.22 bits per heavy atom. The summed E-state index contributed by atoms with van der Waals surface area (Å²) in [7, 11) is -4.02. The topological polar surface area (TPSA) is 97.7 Å². The molecule has 0 atom stereocenters. The van der Waals surface area contributed by atoms with Gasteiger partial charge in [-0.1, -0.05) is 17.7 Å². The number of benzene rings is 1. The van der Waals surface area contributed by atoms with Crippen molar-refractivity contribution in [2.24, 2.45) is 0 Å². The number of aryl methyl sites for hydroxylation is 1. The highest BCUT2D eigenvalue weighted by Crippen LogP contribution is 2.13. The zero-order valence-electron chi connectivity index (χ0n) is 9.62. The van der Waals surface area contributed by atoms with Gasteiger partial charge in [-0.05, 0) is 19.1 Å². The summed E-state index contributed by atoms with van der Waals surface area (Å²) in [5, 5.41) is 8.34.